The molecule has 1 aliphatic carbocycles. The zero-order valence-electron chi connectivity index (χ0n) is 16.3. The van der Waals surface area contributed by atoms with Crippen LogP contribution in [0.4, 0.5) is 0 Å². The first-order valence-corrected chi connectivity index (χ1v) is 10.0. The minimum atomic E-state index is 0.138. The van der Waals surface area contributed by atoms with E-state index in [4.69, 9.17) is 14.2 Å². The van der Waals surface area contributed by atoms with Crippen LogP contribution in [0.3, 0.4) is 0 Å². The van der Waals surface area contributed by atoms with Crippen molar-refractivity contribution in [2.45, 2.75) is 44.9 Å². The van der Waals surface area contributed by atoms with E-state index in [-0.39, 0.29) is 6.10 Å². The SMILES string of the molecule is CCCN1CCO[C@@H]2c3cc(OCc4ccccc4)c(OC)cc3CC[C@H]21. The molecule has 1 aliphatic heterocycles. The maximum absolute atomic E-state index is 6.24. The van der Waals surface area contributed by atoms with Crippen molar-refractivity contribution in [2.24, 2.45) is 0 Å². The number of nitrogens with zero attached hydrogens (tertiary/aromatic N) is 1. The number of benzene rings is 2. The van der Waals surface area contributed by atoms with E-state index in [0.717, 1.165) is 49.6 Å². The highest BCUT2D eigenvalue weighted by molar-refractivity contribution is 5.50. The number of rotatable bonds is 6. The molecule has 1 saturated heterocycles. The predicted molar refractivity (Wildman–Crippen MR) is 106 cm³/mol. The van der Waals surface area contributed by atoms with Crippen LogP contribution >= 0.6 is 0 Å². The van der Waals surface area contributed by atoms with Gasteiger partial charge in [-0.1, -0.05) is 37.3 Å². The van der Waals surface area contributed by atoms with Gasteiger partial charge in [-0.25, -0.2) is 0 Å². The quantitative estimate of drug-likeness (QED) is 0.758. The standard InChI is InChI=1S/C23H29NO3/c1-3-11-24-12-13-26-23-19-15-22(27-16-17-7-5-4-6-8-17)21(25-2)14-18(19)9-10-20(23)24/h4-8,14-15,20,23H,3,9-13,16H2,1-2H3/t20-,23-/m1/s1. The fourth-order valence-electron chi connectivity index (χ4n) is 4.37. The molecular formula is C23H29NO3. The van der Waals surface area contributed by atoms with Crippen LogP contribution in [0.25, 0.3) is 0 Å². The Labute approximate surface area is 162 Å². The molecule has 4 rings (SSSR count). The first-order chi connectivity index (χ1) is 13.3. The van der Waals surface area contributed by atoms with Crippen molar-refractivity contribution in [3.05, 3.63) is 59.2 Å². The molecule has 2 aromatic carbocycles. The summed E-state index contributed by atoms with van der Waals surface area (Å²) in [5.41, 5.74) is 3.76. The van der Waals surface area contributed by atoms with E-state index in [2.05, 4.69) is 36.1 Å². The number of methoxy groups -OCH3 is 1. The van der Waals surface area contributed by atoms with Crippen molar-refractivity contribution in [2.75, 3.05) is 26.8 Å². The summed E-state index contributed by atoms with van der Waals surface area (Å²) in [6.07, 6.45) is 3.53. The zero-order valence-corrected chi connectivity index (χ0v) is 16.3. The second kappa shape index (κ2) is 8.32. The van der Waals surface area contributed by atoms with Crippen LogP contribution in [-0.4, -0.2) is 37.7 Å². The lowest BCUT2D eigenvalue weighted by atomic mass is 9.83. The topological polar surface area (TPSA) is 30.9 Å². The molecule has 2 aliphatic rings. The van der Waals surface area contributed by atoms with Crippen LogP contribution in [0.2, 0.25) is 0 Å². The summed E-state index contributed by atoms with van der Waals surface area (Å²) in [6, 6.07) is 15.0. The number of fused-ring (bicyclic) bond motifs is 3. The Morgan fingerprint density at radius 2 is 2.00 bits per heavy atom. The van der Waals surface area contributed by atoms with Gasteiger partial charge in [-0.05, 0) is 54.6 Å². The molecule has 2 aromatic rings. The molecule has 0 saturated carbocycles. The summed E-state index contributed by atoms with van der Waals surface area (Å²) >= 11 is 0. The van der Waals surface area contributed by atoms with Gasteiger partial charge in [0.2, 0.25) is 0 Å². The minimum Gasteiger partial charge on any atom is -0.493 e. The van der Waals surface area contributed by atoms with E-state index in [9.17, 15) is 0 Å². The van der Waals surface area contributed by atoms with Crippen molar-refractivity contribution in [1.29, 1.82) is 0 Å². The fraction of sp³-hybridized carbons (Fsp3) is 0.478. The monoisotopic (exact) mass is 367 g/mol. The molecule has 0 amide bonds. The Morgan fingerprint density at radius 1 is 1.15 bits per heavy atom. The van der Waals surface area contributed by atoms with Gasteiger partial charge in [0.1, 0.15) is 6.61 Å². The van der Waals surface area contributed by atoms with Crippen molar-refractivity contribution in [1.82, 2.24) is 4.90 Å². The average Bonchev–Trinajstić information content (AvgIpc) is 2.72. The van der Waals surface area contributed by atoms with Gasteiger partial charge in [0.25, 0.3) is 0 Å². The highest BCUT2D eigenvalue weighted by Gasteiger charge is 2.37. The summed E-state index contributed by atoms with van der Waals surface area (Å²) in [7, 11) is 1.71. The van der Waals surface area contributed by atoms with Gasteiger partial charge in [0.15, 0.2) is 11.5 Å². The largest absolute Gasteiger partial charge is 0.493 e. The van der Waals surface area contributed by atoms with Crippen molar-refractivity contribution < 1.29 is 14.2 Å². The number of hydrogen-bond donors (Lipinski definition) is 0. The second-order valence-electron chi connectivity index (χ2n) is 7.41. The van der Waals surface area contributed by atoms with Gasteiger partial charge >= 0.3 is 0 Å². The third kappa shape index (κ3) is 3.83. The van der Waals surface area contributed by atoms with Crippen LogP contribution in [0.5, 0.6) is 11.5 Å². The van der Waals surface area contributed by atoms with Crippen LogP contribution < -0.4 is 9.47 Å². The predicted octanol–water partition coefficient (Wildman–Crippen LogP) is 4.37. The molecule has 0 aromatic heterocycles. The zero-order chi connectivity index (χ0) is 18.6. The third-order valence-electron chi connectivity index (χ3n) is 5.68. The van der Waals surface area contributed by atoms with E-state index < -0.39 is 0 Å². The lowest BCUT2D eigenvalue weighted by molar-refractivity contribution is -0.0802. The molecule has 1 heterocycles. The first-order valence-electron chi connectivity index (χ1n) is 10.0. The van der Waals surface area contributed by atoms with Gasteiger partial charge in [-0.2, -0.15) is 0 Å². The van der Waals surface area contributed by atoms with Crippen LogP contribution in [0.15, 0.2) is 42.5 Å². The van der Waals surface area contributed by atoms with Gasteiger partial charge < -0.3 is 14.2 Å². The van der Waals surface area contributed by atoms with Crippen LogP contribution in [-0.2, 0) is 17.8 Å². The Hall–Kier alpha value is -2.04. The van der Waals surface area contributed by atoms with E-state index in [1.54, 1.807) is 7.11 Å². The number of ether oxygens (including phenoxy) is 3. The smallest absolute Gasteiger partial charge is 0.162 e. The molecule has 4 nitrogen and oxygen atoms in total. The Morgan fingerprint density at radius 3 is 2.78 bits per heavy atom. The summed E-state index contributed by atoms with van der Waals surface area (Å²) in [6.45, 7) is 5.77. The Bertz CT molecular complexity index is 760. The van der Waals surface area contributed by atoms with Crippen molar-refractivity contribution in [3.63, 3.8) is 0 Å². The molecule has 0 spiro atoms. The Kier molecular flexibility index (Phi) is 5.65. The van der Waals surface area contributed by atoms with E-state index in [1.807, 2.05) is 18.2 Å². The number of morpholine rings is 1. The molecule has 144 valence electrons. The summed E-state index contributed by atoms with van der Waals surface area (Å²) in [5, 5.41) is 0. The van der Waals surface area contributed by atoms with Gasteiger partial charge in [-0.15, -0.1) is 0 Å². The summed E-state index contributed by atoms with van der Waals surface area (Å²) < 4.78 is 18.0. The second-order valence-corrected chi connectivity index (χ2v) is 7.41. The Balaban J connectivity index is 1.60. The van der Waals surface area contributed by atoms with E-state index in [1.165, 1.54) is 17.5 Å². The molecule has 1 fully saturated rings. The lowest BCUT2D eigenvalue weighted by Crippen LogP contribution is -2.49. The van der Waals surface area contributed by atoms with Crippen LogP contribution in [0.1, 0.15) is 42.6 Å². The van der Waals surface area contributed by atoms with E-state index >= 15 is 0 Å². The van der Waals surface area contributed by atoms with Crippen LogP contribution in [0, 0.1) is 0 Å². The molecule has 27 heavy (non-hydrogen) atoms. The molecule has 0 radical (unpaired) electrons. The highest BCUT2D eigenvalue weighted by Crippen LogP contribution is 2.42. The van der Waals surface area contributed by atoms with Gasteiger partial charge in [0, 0.05) is 12.6 Å². The minimum absolute atomic E-state index is 0.138. The summed E-state index contributed by atoms with van der Waals surface area (Å²) in [4.78, 5) is 2.60. The number of hydrogen-bond acceptors (Lipinski definition) is 4. The normalized spacial score (nSPS) is 22.0. The molecular weight excluding hydrogens is 338 g/mol. The molecule has 0 N–H and O–H groups in total. The van der Waals surface area contributed by atoms with Gasteiger partial charge in [0.05, 0.1) is 19.8 Å². The molecule has 2 atom stereocenters. The van der Waals surface area contributed by atoms with Gasteiger partial charge in [-0.3, -0.25) is 4.90 Å². The fourth-order valence-corrected chi connectivity index (χ4v) is 4.37. The highest BCUT2D eigenvalue weighted by atomic mass is 16.5. The maximum Gasteiger partial charge on any atom is 0.162 e. The maximum atomic E-state index is 6.24. The third-order valence-corrected chi connectivity index (χ3v) is 5.68. The van der Waals surface area contributed by atoms with E-state index in [0.29, 0.717) is 12.6 Å². The first kappa shape index (κ1) is 18.3. The van der Waals surface area contributed by atoms with Crippen molar-refractivity contribution in [3.8, 4) is 11.5 Å². The molecule has 0 unspecified atom stereocenters. The summed E-state index contributed by atoms with van der Waals surface area (Å²) in [5.74, 6) is 1.61. The van der Waals surface area contributed by atoms with Crippen molar-refractivity contribution >= 4 is 0 Å². The average molecular weight is 367 g/mol. The molecule has 0 bridgehead atoms. The lowest BCUT2D eigenvalue weighted by Gasteiger charge is -2.44. The number of aryl methyl sites for hydroxylation is 1. The molecule has 4 heteroatoms.